The van der Waals surface area contributed by atoms with Crippen LogP contribution in [0.4, 0.5) is 20.6 Å². The minimum atomic E-state index is -0.535. The molecule has 22 heavy (non-hydrogen) atoms. The van der Waals surface area contributed by atoms with Gasteiger partial charge in [0.1, 0.15) is 5.82 Å². The molecule has 2 amide bonds. The molecule has 0 saturated carbocycles. The van der Waals surface area contributed by atoms with Crippen LogP contribution in [-0.4, -0.2) is 17.5 Å². The molecule has 2 aromatic carbocycles. The molecule has 0 unspecified atom stereocenters. The van der Waals surface area contributed by atoms with Crippen LogP contribution in [0.1, 0.15) is 5.56 Å². The number of nitrogens with zero attached hydrogens (tertiary/aromatic N) is 1. The molecule has 0 aromatic heterocycles. The number of urea groups is 1. The summed E-state index contributed by atoms with van der Waals surface area (Å²) in [6.07, 6.45) is 0.486. The predicted octanol–water partition coefficient (Wildman–Crippen LogP) is 3.10. The van der Waals surface area contributed by atoms with Crippen LogP contribution < -0.4 is 10.6 Å². The molecule has 6 nitrogen and oxygen atoms in total. The summed E-state index contributed by atoms with van der Waals surface area (Å²) in [5.41, 5.74) is 1.01. The highest BCUT2D eigenvalue weighted by molar-refractivity contribution is 5.89. The number of halogens is 1. The number of carbonyl (C=O) groups is 1. The first kappa shape index (κ1) is 15.4. The number of carbonyl (C=O) groups excluding carboxylic acids is 1. The molecule has 0 fully saturated rings. The van der Waals surface area contributed by atoms with E-state index in [-0.39, 0.29) is 11.5 Å². The fourth-order valence-electron chi connectivity index (χ4n) is 1.89. The Morgan fingerprint density at radius 2 is 1.95 bits per heavy atom. The largest absolute Gasteiger partial charge is 0.338 e. The standard InChI is InChI=1S/C15H14FN3O3/c16-12-4-1-3-11(9-12)7-8-17-15(20)18-13-5-2-6-14(10-13)19(21)22/h1-6,9-10H,7-8H2,(H2,17,18,20). The number of benzene rings is 2. The lowest BCUT2D eigenvalue weighted by atomic mass is 10.1. The maximum Gasteiger partial charge on any atom is 0.319 e. The van der Waals surface area contributed by atoms with Crippen molar-refractivity contribution in [1.82, 2.24) is 5.32 Å². The van der Waals surface area contributed by atoms with Crippen molar-refractivity contribution in [2.24, 2.45) is 0 Å². The Bertz CT molecular complexity index is 691. The van der Waals surface area contributed by atoms with Crippen LogP contribution in [0.3, 0.4) is 0 Å². The number of amides is 2. The number of nitrogens with one attached hydrogen (secondary N) is 2. The molecule has 0 aliphatic heterocycles. The molecule has 0 aliphatic carbocycles. The first-order chi connectivity index (χ1) is 10.5. The highest BCUT2D eigenvalue weighted by atomic mass is 19.1. The fourth-order valence-corrected chi connectivity index (χ4v) is 1.89. The fraction of sp³-hybridized carbons (Fsp3) is 0.133. The van der Waals surface area contributed by atoms with Gasteiger partial charge in [0, 0.05) is 24.4 Å². The Morgan fingerprint density at radius 1 is 1.18 bits per heavy atom. The van der Waals surface area contributed by atoms with Crippen molar-refractivity contribution in [3.63, 3.8) is 0 Å². The number of hydrogen-bond acceptors (Lipinski definition) is 3. The van der Waals surface area contributed by atoms with E-state index in [2.05, 4.69) is 10.6 Å². The van der Waals surface area contributed by atoms with Crippen LogP contribution >= 0.6 is 0 Å². The average Bonchev–Trinajstić information content (AvgIpc) is 2.47. The number of rotatable bonds is 5. The third-order valence-electron chi connectivity index (χ3n) is 2.90. The van der Waals surface area contributed by atoms with Gasteiger partial charge in [-0.3, -0.25) is 10.1 Å². The molecular formula is C15H14FN3O3. The molecule has 0 bridgehead atoms. The molecule has 114 valence electrons. The Labute approximate surface area is 126 Å². The monoisotopic (exact) mass is 303 g/mol. The molecule has 0 atom stereocenters. The van der Waals surface area contributed by atoms with E-state index in [0.29, 0.717) is 18.7 Å². The summed E-state index contributed by atoms with van der Waals surface area (Å²) in [6, 6.07) is 11.3. The van der Waals surface area contributed by atoms with Gasteiger partial charge in [-0.15, -0.1) is 0 Å². The first-order valence-electron chi connectivity index (χ1n) is 6.58. The maximum absolute atomic E-state index is 13.0. The van der Waals surface area contributed by atoms with E-state index in [1.807, 2.05) is 0 Å². The van der Waals surface area contributed by atoms with E-state index in [9.17, 15) is 19.3 Å². The zero-order chi connectivity index (χ0) is 15.9. The zero-order valence-electron chi connectivity index (χ0n) is 11.6. The lowest BCUT2D eigenvalue weighted by Crippen LogP contribution is -2.30. The van der Waals surface area contributed by atoms with Gasteiger partial charge in [-0.2, -0.15) is 0 Å². The second-order valence-corrected chi connectivity index (χ2v) is 4.57. The van der Waals surface area contributed by atoms with Crippen LogP contribution in [0.2, 0.25) is 0 Å². The third kappa shape index (κ3) is 4.55. The van der Waals surface area contributed by atoms with Crippen molar-refractivity contribution < 1.29 is 14.1 Å². The summed E-state index contributed by atoms with van der Waals surface area (Å²) < 4.78 is 13.0. The van der Waals surface area contributed by atoms with Crippen LogP contribution in [-0.2, 0) is 6.42 Å². The Hall–Kier alpha value is -2.96. The van der Waals surface area contributed by atoms with E-state index in [4.69, 9.17) is 0 Å². The van der Waals surface area contributed by atoms with E-state index in [1.165, 1.54) is 30.3 Å². The molecule has 0 radical (unpaired) electrons. The number of non-ortho nitro benzene ring substituents is 1. The normalized spacial score (nSPS) is 10.0. The van der Waals surface area contributed by atoms with Crippen molar-refractivity contribution >= 4 is 17.4 Å². The first-order valence-corrected chi connectivity index (χ1v) is 6.58. The maximum atomic E-state index is 13.0. The average molecular weight is 303 g/mol. The minimum absolute atomic E-state index is 0.0995. The van der Waals surface area contributed by atoms with E-state index in [1.54, 1.807) is 18.2 Å². The summed E-state index contributed by atoms with van der Waals surface area (Å²) in [6.45, 7) is 0.324. The molecule has 2 rings (SSSR count). The third-order valence-corrected chi connectivity index (χ3v) is 2.90. The molecule has 0 saturated heterocycles. The number of nitro benzene ring substituents is 1. The molecule has 0 heterocycles. The summed E-state index contributed by atoms with van der Waals surface area (Å²) in [5, 5.41) is 15.8. The summed E-state index contributed by atoms with van der Waals surface area (Å²) in [4.78, 5) is 21.8. The SMILES string of the molecule is O=C(NCCc1cccc(F)c1)Nc1cccc([N+](=O)[O-])c1. The summed E-state index contributed by atoms with van der Waals surface area (Å²) in [7, 11) is 0. The highest BCUT2D eigenvalue weighted by Gasteiger charge is 2.07. The van der Waals surface area contributed by atoms with Crippen molar-refractivity contribution in [3.8, 4) is 0 Å². The number of hydrogen-bond donors (Lipinski definition) is 2. The second-order valence-electron chi connectivity index (χ2n) is 4.57. The van der Waals surface area contributed by atoms with Gasteiger partial charge < -0.3 is 10.6 Å². The van der Waals surface area contributed by atoms with Gasteiger partial charge in [0.15, 0.2) is 0 Å². The molecule has 2 aromatic rings. The van der Waals surface area contributed by atoms with Gasteiger partial charge >= 0.3 is 6.03 Å². The van der Waals surface area contributed by atoms with E-state index < -0.39 is 11.0 Å². The van der Waals surface area contributed by atoms with Crippen LogP contribution in [0.25, 0.3) is 0 Å². The van der Waals surface area contributed by atoms with Crippen LogP contribution in [0, 0.1) is 15.9 Å². The second kappa shape index (κ2) is 7.16. The van der Waals surface area contributed by atoms with E-state index >= 15 is 0 Å². The zero-order valence-corrected chi connectivity index (χ0v) is 11.6. The van der Waals surface area contributed by atoms with Gasteiger partial charge in [-0.1, -0.05) is 18.2 Å². The van der Waals surface area contributed by atoms with Crippen LogP contribution in [0.15, 0.2) is 48.5 Å². The van der Waals surface area contributed by atoms with Gasteiger partial charge in [0.25, 0.3) is 5.69 Å². The Kier molecular flexibility index (Phi) is 5.02. The Balaban J connectivity index is 1.83. The van der Waals surface area contributed by atoms with Gasteiger partial charge in [-0.05, 0) is 30.2 Å². The van der Waals surface area contributed by atoms with Gasteiger partial charge in [0.05, 0.1) is 4.92 Å². The quantitative estimate of drug-likeness (QED) is 0.657. The molecule has 2 N–H and O–H groups in total. The highest BCUT2D eigenvalue weighted by Crippen LogP contribution is 2.16. The van der Waals surface area contributed by atoms with Crippen molar-refractivity contribution in [2.45, 2.75) is 6.42 Å². The van der Waals surface area contributed by atoms with Gasteiger partial charge in [-0.25, -0.2) is 9.18 Å². The lowest BCUT2D eigenvalue weighted by Gasteiger charge is -2.07. The predicted molar refractivity (Wildman–Crippen MR) is 80.2 cm³/mol. The molecule has 0 aliphatic rings. The minimum Gasteiger partial charge on any atom is -0.338 e. The number of anilines is 1. The van der Waals surface area contributed by atoms with Crippen LogP contribution in [0.5, 0.6) is 0 Å². The summed E-state index contributed by atoms with van der Waals surface area (Å²) >= 11 is 0. The number of nitro groups is 1. The lowest BCUT2D eigenvalue weighted by molar-refractivity contribution is -0.384. The van der Waals surface area contributed by atoms with Crippen molar-refractivity contribution in [2.75, 3.05) is 11.9 Å². The van der Waals surface area contributed by atoms with E-state index in [0.717, 1.165) is 5.56 Å². The van der Waals surface area contributed by atoms with Gasteiger partial charge in [0.2, 0.25) is 0 Å². The smallest absolute Gasteiger partial charge is 0.319 e. The summed E-state index contributed by atoms with van der Waals surface area (Å²) in [5.74, 6) is -0.321. The molecule has 0 spiro atoms. The molecule has 7 heteroatoms. The topological polar surface area (TPSA) is 84.3 Å². The van der Waals surface area contributed by atoms with Crippen molar-refractivity contribution in [3.05, 3.63) is 70.0 Å². The molecular weight excluding hydrogens is 289 g/mol. The Morgan fingerprint density at radius 3 is 2.68 bits per heavy atom. The van der Waals surface area contributed by atoms with Crippen molar-refractivity contribution in [1.29, 1.82) is 0 Å².